The van der Waals surface area contributed by atoms with Gasteiger partial charge < -0.3 is 0 Å². The Morgan fingerprint density at radius 2 is 1.95 bits per heavy atom. The minimum atomic E-state index is -3.12. The summed E-state index contributed by atoms with van der Waals surface area (Å²) in [7, 11) is -3.12. The number of rotatable bonds is 3. The molecule has 0 saturated carbocycles. The van der Waals surface area contributed by atoms with Crippen LogP contribution in [-0.2, 0) is 16.6 Å². The first-order valence-corrected chi connectivity index (χ1v) is 10.8. The van der Waals surface area contributed by atoms with Crippen LogP contribution in [0.5, 0.6) is 0 Å². The maximum absolute atomic E-state index is 12.2. The average Bonchev–Trinajstić information content (AvgIpc) is 2.83. The van der Waals surface area contributed by atoms with Crippen molar-refractivity contribution in [1.29, 1.82) is 0 Å². The number of hydrogen-bond donors (Lipinski definition) is 0. The molecule has 22 heavy (non-hydrogen) atoms. The van der Waals surface area contributed by atoms with Crippen LogP contribution in [0.25, 0.3) is 0 Å². The molecule has 2 saturated heterocycles. The molecule has 2 aliphatic heterocycles. The number of sulfonamides is 1. The number of thiophene rings is 1. The lowest BCUT2D eigenvalue weighted by Crippen LogP contribution is -2.61. The van der Waals surface area contributed by atoms with Gasteiger partial charge in [0, 0.05) is 34.9 Å². The lowest BCUT2D eigenvalue weighted by atomic mass is 9.81. The van der Waals surface area contributed by atoms with Gasteiger partial charge in [-0.05, 0) is 51.3 Å². The van der Waals surface area contributed by atoms with E-state index in [0.29, 0.717) is 6.54 Å². The lowest BCUT2D eigenvalue weighted by molar-refractivity contribution is 0.0341. The van der Waals surface area contributed by atoms with Gasteiger partial charge in [-0.1, -0.05) is 6.42 Å². The Morgan fingerprint density at radius 3 is 2.64 bits per heavy atom. The predicted molar refractivity (Wildman–Crippen MR) is 91.7 cm³/mol. The zero-order valence-corrected chi connectivity index (χ0v) is 15.2. The van der Waals surface area contributed by atoms with E-state index in [4.69, 9.17) is 0 Å². The van der Waals surface area contributed by atoms with E-state index < -0.39 is 10.0 Å². The van der Waals surface area contributed by atoms with Crippen molar-refractivity contribution in [2.45, 2.75) is 51.1 Å². The Hall–Kier alpha value is -0.430. The number of hydrogen-bond acceptors (Lipinski definition) is 4. The van der Waals surface area contributed by atoms with Crippen LogP contribution >= 0.6 is 11.3 Å². The van der Waals surface area contributed by atoms with E-state index in [0.717, 1.165) is 51.7 Å². The highest BCUT2D eigenvalue weighted by Crippen LogP contribution is 2.38. The molecule has 0 aliphatic carbocycles. The van der Waals surface area contributed by atoms with E-state index in [9.17, 15) is 8.42 Å². The molecule has 3 rings (SSSR count). The van der Waals surface area contributed by atoms with Crippen LogP contribution in [0.15, 0.2) is 12.1 Å². The van der Waals surface area contributed by atoms with Gasteiger partial charge >= 0.3 is 0 Å². The molecule has 1 atom stereocenters. The van der Waals surface area contributed by atoms with Crippen molar-refractivity contribution in [1.82, 2.24) is 9.21 Å². The van der Waals surface area contributed by atoms with Crippen molar-refractivity contribution in [3.05, 3.63) is 21.9 Å². The van der Waals surface area contributed by atoms with Gasteiger partial charge in [0.15, 0.2) is 0 Å². The van der Waals surface area contributed by atoms with Gasteiger partial charge in [-0.25, -0.2) is 8.42 Å². The lowest BCUT2D eigenvalue weighted by Gasteiger charge is -2.51. The highest BCUT2D eigenvalue weighted by atomic mass is 32.2. The zero-order chi connectivity index (χ0) is 15.8. The zero-order valence-electron chi connectivity index (χ0n) is 13.5. The van der Waals surface area contributed by atoms with Crippen molar-refractivity contribution in [2.24, 2.45) is 0 Å². The van der Waals surface area contributed by atoms with Gasteiger partial charge in [0.1, 0.15) is 0 Å². The summed E-state index contributed by atoms with van der Waals surface area (Å²) in [4.78, 5) is 5.19. The van der Waals surface area contributed by atoms with E-state index in [1.807, 2.05) is 15.6 Å². The summed E-state index contributed by atoms with van der Waals surface area (Å²) >= 11 is 1.85. The van der Waals surface area contributed by atoms with Crippen LogP contribution in [0.1, 0.15) is 41.9 Å². The fourth-order valence-electron chi connectivity index (χ4n) is 4.13. The molecule has 4 nitrogen and oxygen atoms in total. The molecule has 2 fully saturated rings. The first-order valence-electron chi connectivity index (χ1n) is 8.15. The van der Waals surface area contributed by atoms with Crippen molar-refractivity contribution in [2.75, 3.05) is 25.9 Å². The minimum Gasteiger partial charge on any atom is -0.296 e. The quantitative estimate of drug-likeness (QED) is 0.848. The van der Waals surface area contributed by atoms with Gasteiger partial charge in [0.05, 0.1) is 6.26 Å². The van der Waals surface area contributed by atoms with Crippen LogP contribution in [0.4, 0.5) is 0 Å². The molecule has 1 spiro atoms. The van der Waals surface area contributed by atoms with Crippen molar-refractivity contribution < 1.29 is 8.42 Å². The van der Waals surface area contributed by atoms with E-state index in [2.05, 4.69) is 24.0 Å². The highest BCUT2D eigenvalue weighted by Gasteiger charge is 2.45. The van der Waals surface area contributed by atoms with Crippen molar-refractivity contribution >= 4 is 21.4 Å². The second-order valence-electron chi connectivity index (χ2n) is 6.84. The Labute approximate surface area is 138 Å². The molecule has 0 aromatic carbocycles. The first kappa shape index (κ1) is 16.4. The molecule has 0 unspecified atom stereocenters. The monoisotopic (exact) mass is 342 g/mol. The molecule has 0 radical (unpaired) electrons. The molecule has 0 amide bonds. The number of likely N-dealkylation sites (tertiary alicyclic amines) is 1. The van der Waals surface area contributed by atoms with Gasteiger partial charge in [0.25, 0.3) is 0 Å². The second kappa shape index (κ2) is 6.23. The molecule has 3 heterocycles. The SMILES string of the molecule is Cc1ccc(CN2CCC[C@]3(CCCCN3S(C)(=O)=O)C2)s1. The summed E-state index contributed by atoms with van der Waals surface area (Å²) in [6.07, 6.45) is 6.65. The van der Waals surface area contributed by atoms with Gasteiger partial charge in [-0.3, -0.25) is 4.90 Å². The van der Waals surface area contributed by atoms with Crippen LogP contribution in [0.2, 0.25) is 0 Å². The summed E-state index contributed by atoms with van der Waals surface area (Å²) in [5.74, 6) is 0. The van der Waals surface area contributed by atoms with Crippen LogP contribution in [0.3, 0.4) is 0 Å². The maximum Gasteiger partial charge on any atom is 0.211 e. The van der Waals surface area contributed by atoms with E-state index in [-0.39, 0.29) is 5.54 Å². The van der Waals surface area contributed by atoms with E-state index in [1.165, 1.54) is 16.0 Å². The van der Waals surface area contributed by atoms with Gasteiger partial charge in [0.2, 0.25) is 10.0 Å². The van der Waals surface area contributed by atoms with Crippen LogP contribution in [-0.4, -0.2) is 49.1 Å². The maximum atomic E-state index is 12.2. The third-order valence-electron chi connectivity index (χ3n) is 4.99. The average molecular weight is 343 g/mol. The molecular weight excluding hydrogens is 316 g/mol. The number of nitrogens with zero attached hydrogens (tertiary/aromatic N) is 2. The van der Waals surface area contributed by atoms with Crippen molar-refractivity contribution in [3.63, 3.8) is 0 Å². The highest BCUT2D eigenvalue weighted by molar-refractivity contribution is 7.88. The summed E-state index contributed by atoms with van der Waals surface area (Å²) in [5, 5.41) is 0. The Bertz CT molecular complexity index is 622. The minimum absolute atomic E-state index is 0.156. The Balaban J connectivity index is 1.78. The summed E-state index contributed by atoms with van der Waals surface area (Å²) in [6, 6.07) is 4.37. The molecule has 1 aromatic rings. The Kier molecular flexibility index (Phi) is 4.65. The number of aryl methyl sites for hydroxylation is 1. The molecule has 6 heteroatoms. The topological polar surface area (TPSA) is 40.6 Å². The van der Waals surface area contributed by atoms with Gasteiger partial charge in [-0.2, -0.15) is 4.31 Å². The molecule has 0 bridgehead atoms. The van der Waals surface area contributed by atoms with Crippen molar-refractivity contribution in [3.8, 4) is 0 Å². The third-order valence-corrected chi connectivity index (χ3v) is 7.35. The van der Waals surface area contributed by atoms with Gasteiger partial charge in [-0.15, -0.1) is 11.3 Å². The van der Waals surface area contributed by atoms with E-state index >= 15 is 0 Å². The molecular formula is C16H26N2O2S2. The standard InChI is InChI=1S/C16H26N2O2S2/c1-14-6-7-15(21-14)12-17-10-5-9-16(13-17)8-3-4-11-18(16)22(2,19)20/h6-7H,3-5,8-13H2,1-2H3/t16-/m1/s1. The number of piperidine rings is 2. The fraction of sp³-hybridized carbons (Fsp3) is 0.750. The molecule has 1 aromatic heterocycles. The normalized spacial score (nSPS) is 28.3. The summed E-state index contributed by atoms with van der Waals surface area (Å²) in [6.45, 7) is 5.76. The predicted octanol–water partition coefficient (Wildman–Crippen LogP) is 2.84. The van der Waals surface area contributed by atoms with Crippen LogP contribution < -0.4 is 0 Å². The molecule has 0 N–H and O–H groups in total. The third kappa shape index (κ3) is 3.40. The summed E-state index contributed by atoms with van der Waals surface area (Å²) in [5.41, 5.74) is -0.156. The molecule has 2 aliphatic rings. The fourth-order valence-corrected chi connectivity index (χ4v) is 6.47. The van der Waals surface area contributed by atoms with E-state index in [1.54, 1.807) is 0 Å². The second-order valence-corrected chi connectivity index (χ2v) is 10.1. The molecule has 124 valence electrons. The smallest absolute Gasteiger partial charge is 0.211 e. The Morgan fingerprint density at radius 1 is 1.18 bits per heavy atom. The van der Waals surface area contributed by atoms with Crippen LogP contribution in [0, 0.1) is 6.92 Å². The first-order chi connectivity index (χ1) is 10.4. The largest absolute Gasteiger partial charge is 0.296 e. The summed E-state index contributed by atoms with van der Waals surface area (Å²) < 4.78 is 26.3.